The van der Waals surface area contributed by atoms with Crippen molar-refractivity contribution in [2.24, 2.45) is 0 Å². The SMILES string of the molecule is CCOC(=O)Oc1c(OC)cc(C(=O)N2CCCCO2)cc1OC. The van der Waals surface area contributed by atoms with E-state index < -0.39 is 6.16 Å². The minimum absolute atomic E-state index is 0.0505. The lowest BCUT2D eigenvalue weighted by molar-refractivity contribution is -0.144. The lowest BCUT2D eigenvalue weighted by Crippen LogP contribution is -2.35. The molecule has 0 N–H and O–H groups in total. The second kappa shape index (κ2) is 8.39. The number of nitrogens with zero attached hydrogens (tertiary/aromatic N) is 1. The fourth-order valence-electron chi connectivity index (χ4n) is 2.24. The first-order valence-corrected chi connectivity index (χ1v) is 7.66. The van der Waals surface area contributed by atoms with Crippen molar-refractivity contribution in [2.75, 3.05) is 34.0 Å². The second-order valence-electron chi connectivity index (χ2n) is 4.94. The Morgan fingerprint density at radius 1 is 1.17 bits per heavy atom. The number of hydroxylamine groups is 2. The van der Waals surface area contributed by atoms with Crippen LogP contribution >= 0.6 is 0 Å². The molecule has 0 aromatic heterocycles. The summed E-state index contributed by atoms with van der Waals surface area (Å²) in [5.74, 6) is 0.106. The molecule has 8 nitrogen and oxygen atoms in total. The third-order valence-corrected chi connectivity index (χ3v) is 3.38. The number of methoxy groups -OCH3 is 2. The molecule has 0 radical (unpaired) electrons. The molecule has 0 aliphatic carbocycles. The third-order valence-electron chi connectivity index (χ3n) is 3.38. The van der Waals surface area contributed by atoms with Gasteiger partial charge >= 0.3 is 6.16 Å². The average molecular weight is 339 g/mol. The Morgan fingerprint density at radius 2 is 1.83 bits per heavy atom. The van der Waals surface area contributed by atoms with Crippen LogP contribution in [0.4, 0.5) is 4.79 Å². The summed E-state index contributed by atoms with van der Waals surface area (Å²) in [6.45, 7) is 2.86. The van der Waals surface area contributed by atoms with Gasteiger partial charge in [-0.1, -0.05) is 0 Å². The molecule has 1 heterocycles. The zero-order valence-electron chi connectivity index (χ0n) is 14.0. The fraction of sp³-hybridized carbons (Fsp3) is 0.500. The zero-order valence-corrected chi connectivity index (χ0v) is 14.0. The molecule has 1 saturated heterocycles. The van der Waals surface area contributed by atoms with Gasteiger partial charge in [-0.25, -0.2) is 9.86 Å². The Kier molecular flexibility index (Phi) is 6.25. The van der Waals surface area contributed by atoms with E-state index in [4.69, 9.17) is 23.8 Å². The second-order valence-corrected chi connectivity index (χ2v) is 4.94. The normalized spacial score (nSPS) is 14.0. The van der Waals surface area contributed by atoms with Crippen molar-refractivity contribution in [1.82, 2.24) is 5.06 Å². The molecule has 24 heavy (non-hydrogen) atoms. The van der Waals surface area contributed by atoms with Gasteiger partial charge in [0.25, 0.3) is 5.91 Å². The molecular formula is C16H21NO7. The van der Waals surface area contributed by atoms with Crippen LogP contribution in [0.2, 0.25) is 0 Å². The molecule has 8 heteroatoms. The minimum atomic E-state index is -0.882. The maximum absolute atomic E-state index is 12.5. The largest absolute Gasteiger partial charge is 0.514 e. The van der Waals surface area contributed by atoms with E-state index in [0.29, 0.717) is 18.7 Å². The summed E-state index contributed by atoms with van der Waals surface area (Å²) in [4.78, 5) is 29.5. The Balaban J connectivity index is 2.31. The van der Waals surface area contributed by atoms with Crippen LogP contribution in [0.3, 0.4) is 0 Å². The highest BCUT2D eigenvalue weighted by molar-refractivity contribution is 5.95. The van der Waals surface area contributed by atoms with E-state index in [1.54, 1.807) is 6.92 Å². The van der Waals surface area contributed by atoms with Crippen LogP contribution in [0.15, 0.2) is 12.1 Å². The monoisotopic (exact) mass is 339 g/mol. The van der Waals surface area contributed by atoms with Crippen molar-refractivity contribution in [1.29, 1.82) is 0 Å². The van der Waals surface area contributed by atoms with Gasteiger partial charge in [-0.3, -0.25) is 9.63 Å². The molecular weight excluding hydrogens is 318 g/mol. The third kappa shape index (κ3) is 4.08. The van der Waals surface area contributed by atoms with E-state index >= 15 is 0 Å². The predicted octanol–water partition coefficient (Wildman–Crippen LogP) is 2.41. The highest BCUT2D eigenvalue weighted by Crippen LogP contribution is 2.39. The molecule has 0 atom stereocenters. The van der Waals surface area contributed by atoms with E-state index in [1.165, 1.54) is 31.4 Å². The first-order chi connectivity index (χ1) is 11.6. The van der Waals surface area contributed by atoms with E-state index in [-0.39, 0.29) is 29.8 Å². The van der Waals surface area contributed by atoms with Crippen molar-refractivity contribution in [3.8, 4) is 17.2 Å². The Bertz CT molecular complexity index is 571. The summed E-state index contributed by atoms with van der Waals surface area (Å²) in [7, 11) is 2.80. The standard InChI is InChI=1S/C16H21NO7/c1-4-22-16(19)24-14-12(20-2)9-11(10-13(14)21-3)15(18)17-7-5-6-8-23-17/h9-10H,4-8H2,1-3H3. The van der Waals surface area contributed by atoms with Crippen LogP contribution < -0.4 is 14.2 Å². The van der Waals surface area contributed by atoms with Crippen molar-refractivity contribution in [3.63, 3.8) is 0 Å². The van der Waals surface area contributed by atoms with Crippen LogP contribution in [0.25, 0.3) is 0 Å². The van der Waals surface area contributed by atoms with E-state index in [9.17, 15) is 9.59 Å². The fourth-order valence-corrected chi connectivity index (χ4v) is 2.24. The summed E-state index contributed by atoms with van der Waals surface area (Å²) in [6.07, 6.45) is 0.917. The number of carbonyl (C=O) groups is 2. The average Bonchev–Trinajstić information content (AvgIpc) is 2.62. The van der Waals surface area contributed by atoms with Gasteiger partial charge in [0.05, 0.1) is 27.4 Å². The lowest BCUT2D eigenvalue weighted by Gasteiger charge is -2.26. The summed E-state index contributed by atoms with van der Waals surface area (Å²) in [5, 5.41) is 1.31. The van der Waals surface area contributed by atoms with Crippen LogP contribution in [-0.4, -0.2) is 51.1 Å². The van der Waals surface area contributed by atoms with Crippen molar-refractivity contribution in [3.05, 3.63) is 17.7 Å². The molecule has 132 valence electrons. The Labute approximate surface area is 140 Å². The summed E-state index contributed by atoms with van der Waals surface area (Å²) in [6, 6.07) is 2.94. The quantitative estimate of drug-likeness (QED) is 0.601. The molecule has 0 saturated carbocycles. The number of amides is 1. The highest BCUT2D eigenvalue weighted by atomic mass is 16.7. The van der Waals surface area contributed by atoms with Crippen LogP contribution in [-0.2, 0) is 9.57 Å². The number of ether oxygens (including phenoxy) is 4. The zero-order chi connectivity index (χ0) is 17.5. The van der Waals surface area contributed by atoms with Gasteiger partial charge < -0.3 is 18.9 Å². The number of hydrogen-bond acceptors (Lipinski definition) is 7. The van der Waals surface area contributed by atoms with Crippen molar-refractivity contribution < 1.29 is 33.4 Å². The van der Waals surface area contributed by atoms with Gasteiger partial charge in [-0.15, -0.1) is 0 Å². The number of rotatable bonds is 5. The van der Waals surface area contributed by atoms with Crippen molar-refractivity contribution >= 4 is 12.1 Å². The summed E-state index contributed by atoms with van der Waals surface area (Å²) in [5.41, 5.74) is 0.307. The minimum Gasteiger partial charge on any atom is -0.493 e. The summed E-state index contributed by atoms with van der Waals surface area (Å²) < 4.78 is 20.3. The van der Waals surface area contributed by atoms with Gasteiger partial charge in [0.1, 0.15) is 0 Å². The van der Waals surface area contributed by atoms with Crippen molar-refractivity contribution in [2.45, 2.75) is 19.8 Å². The van der Waals surface area contributed by atoms with Gasteiger partial charge in [0.15, 0.2) is 11.5 Å². The molecule has 1 fully saturated rings. The first-order valence-electron chi connectivity index (χ1n) is 7.66. The van der Waals surface area contributed by atoms with E-state index in [2.05, 4.69) is 0 Å². The van der Waals surface area contributed by atoms with Gasteiger partial charge in [0.2, 0.25) is 5.75 Å². The number of carbonyl (C=O) groups excluding carboxylic acids is 2. The molecule has 0 bridgehead atoms. The Hall–Kier alpha value is -2.48. The highest BCUT2D eigenvalue weighted by Gasteiger charge is 2.25. The number of benzene rings is 1. The molecule has 1 aromatic carbocycles. The topological polar surface area (TPSA) is 83.5 Å². The maximum atomic E-state index is 12.5. The van der Waals surface area contributed by atoms with E-state index in [0.717, 1.165) is 12.8 Å². The van der Waals surface area contributed by atoms with Crippen LogP contribution in [0, 0.1) is 0 Å². The van der Waals surface area contributed by atoms with Gasteiger partial charge in [-0.2, -0.15) is 0 Å². The smallest absolute Gasteiger partial charge is 0.493 e. The van der Waals surface area contributed by atoms with E-state index in [1.807, 2.05) is 0 Å². The molecule has 1 aromatic rings. The molecule has 1 aliphatic rings. The van der Waals surface area contributed by atoms with Gasteiger partial charge in [0, 0.05) is 12.1 Å². The van der Waals surface area contributed by atoms with Crippen LogP contribution in [0.1, 0.15) is 30.1 Å². The summed E-state index contributed by atoms with van der Waals surface area (Å²) >= 11 is 0. The first kappa shape index (κ1) is 17.9. The molecule has 1 aliphatic heterocycles. The number of hydrogen-bond donors (Lipinski definition) is 0. The molecule has 1 amide bonds. The van der Waals surface area contributed by atoms with Gasteiger partial charge in [-0.05, 0) is 31.9 Å². The Morgan fingerprint density at radius 3 is 2.33 bits per heavy atom. The predicted molar refractivity (Wildman–Crippen MR) is 83.4 cm³/mol. The molecule has 0 spiro atoms. The molecule has 2 rings (SSSR count). The lowest BCUT2D eigenvalue weighted by atomic mass is 10.1. The van der Waals surface area contributed by atoms with Crippen LogP contribution in [0.5, 0.6) is 17.2 Å². The molecule has 0 unspecified atom stereocenters. The maximum Gasteiger partial charge on any atom is 0.514 e.